The van der Waals surface area contributed by atoms with Crippen molar-refractivity contribution in [3.05, 3.63) is 48.7 Å². The lowest BCUT2D eigenvalue weighted by Crippen LogP contribution is -2.04. The van der Waals surface area contributed by atoms with Crippen molar-refractivity contribution in [1.29, 1.82) is 0 Å². The van der Waals surface area contributed by atoms with Crippen LogP contribution in [0.25, 0.3) is 33.6 Å². The third kappa shape index (κ3) is 2.81. The Bertz CT molecular complexity index is 1200. The number of pyridine rings is 1. The van der Waals surface area contributed by atoms with Crippen molar-refractivity contribution in [3.8, 4) is 11.3 Å². The second-order valence-electron chi connectivity index (χ2n) is 6.10. The summed E-state index contributed by atoms with van der Waals surface area (Å²) in [6.45, 7) is 0.945. The highest BCUT2D eigenvalue weighted by atomic mass is 16.3. The van der Waals surface area contributed by atoms with E-state index in [-0.39, 0.29) is 6.61 Å². The third-order valence-corrected chi connectivity index (χ3v) is 4.25. The molecule has 0 spiro atoms. The largest absolute Gasteiger partial charge is 0.394 e. The van der Waals surface area contributed by atoms with Gasteiger partial charge in [0.05, 0.1) is 37.8 Å². The van der Waals surface area contributed by atoms with E-state index in [0.717, 1.165) is 22.3 Å². The van der Waals surface area contributed by atoms with Crippen molar-refractivity contribution >= 4 is 22.3 Å². The molecule has 2 N–H and O–H groups in total. The van der Waals surface area contributed by atoms with Gasteiger partial charge in [-0.05, 0) is 18.2 Å². The number of aliphatic hydroxyl groups is 1. The highest BCUT2D eigenvalue weighted by molar-refractivity contribution is 5.76. The average molecular weight is 361 g/mol. The fraction of sp³-hybridized carbons (Fsp3) is 0.176. The second kappa shape index (κ2) is 6.25. The Balaban J connectivity index is 1.50. The molecule has 0 aliphatic carbocycles. The number of aliphatic hydroxyl groups excluding tert-OH is 1. The molecule has 0 bridgehead atoms. The predicted molar refractivity (Wildman–Crippen MR) is 96.6 cm³/mol. The van der Waals surface area contributed by atoms with Crippen LogP contribution in [-0.2, 0) is 13.1 Å². The molecule has 0 amide bonds. The lowest BCUT2D eigenvalue weighted by molar-refractivity contribution is 0.269. The summed E-state index contributed by atoms with van der Waals surface area (Å²) >= 11 is 0. The minimum Gasteiger partial charge on any atom is -0.394 e. The van der Waals surface area contributed by atoms with Gasteiger partial charge < -0.3 is 10.1 Å². The van der Waals surface area contributed by atoms with Crippen LogP contribution in [-0.4, -0.2) is 56.4 Å². The zero-order valence-electron chi connectivity index (χ0n) is 14.2. The first-order valence-electron chi connectivity index (χ1n) is 8.43. The van der Waals surface area contributed by atoms with Crippen molar-refractivity contribution in [2.24, 2.45) is 0 Å². The van der Waals surface area contributed by atoms with Gasteiger partial charge in [-0.2, -0.15) is 5.10 Å². The summed E-state index contributed by atoms with van der Waals surface area (Å²) in [5.74, 6) is 0. The van der Waals surface area contributed by atoms with Crippen molar-refractivity contribution in [2.75, 3.05) is 6.61 Å². The van der Waals surface area contributed by atoms with Gasteiger partial charge in [0, 0.05) is 29.0 Å². The summed E-state index contributed by atoms with van der Waals surface area (Å²) < 4.78 is 3.36. The minimum atomic E-state index is 0.0296. The third-order valence-electron chi connectivity index (χ3n) is 4.25. The fourth-order valence-electron chi connectivity index (χ4n) is 2.98. The first kappa shape index (κ1) is 15.6. The maximum Gasteiger partial charge on any atom is 0.221 e. The van der Waals surface area contributed by atoms with Gasteiger partial charge in [-0.15, -0.1) is 5.10 Å². The Hall–Kier alpha value is -3.66. The van der Waals surface area contributed by atoms with Crippen LogP contribution in [0.1, 0.15) is 5.69 Å². The number of aromatic nitrogens is 9. The molecule has 5 rings (SSSR count). The van der Waals surface area contributed by atoms with Crippen LogP contribution in [0.15, 0.2) is 43.0 Å². The molecule has 5 heterocycles. The van der Waals surface area contributed by atoms with E-state index in [9.17, 15) is 0 Å². The molecule has 5 aromatic heterocycles. The molecule has 10 nitrogen and oxygen atoms in total. The zero-order chi connectivity index (χ0) is 18.2. The molecule has 134 valence electrons. The van der Waals surface area contributed by atoms with Crippen molar-refractivity contribution in [2.45, 2.75) is 13.1 Å². The number of rotatable bonds is 5. The summed E-state index contributed by atoms with van der Waals surface area (Å²) in [7, 11) is 0. The van der Waals surface area contributed by atoms with Gasteiger partial charge in [0.15, 0.2) is 5.65 Å². The maximum atomic E-state index is 9.03. The number of hydrogen-bond acceptors (Lipinski definition) is 7. The van der Waals surface area contributed by atoms with Gasteiger partial charge in [-0.1, -0.05) is 5.21 Å². The summed E-state index contributed by atoms with van der Waals surface area (Å²) in [5, 5.41) is 22.5. The molecule has 27 heavy (non-hydrogen) atoms. The molecule has 0 unspecified atom stereocenters. The van der Waals surface area contributed by atoms with Gasteiger partial charge in [0.2, 0.25) is 5.65 Å². The molecule has 0 fully saturated rings. The van der Waals surface area contributed by atoms with Crippen LogP contribution in [0.5, 0.6) is 0 Å². The molecule has 0 radical (unpaired) electrons. The van der Waals surface area contributed by atoms with Crippen LogP contribution in [0.3, 0.4) is 0 Å². The van der Waals surface area contributed by atoms with Crippen molar-refractivity contribution < 1.29 is 5.11 Å². The smallest absolute Gasteiger partial charge is 0.221 e. The van der Waals surface area contributed by atoms with E-state index in [1.165, 1.54) is 0 Å². The topological polar surface area (TPSA) is 123 Å². The SMILES string of the molecule is OCCn1cc(-c2cnc3nnn(Cc4cc5cccnc5[nH]4)c3n2)cn1. The van der Waals surface area contributed by atoms with Gasteiger partial charge in [0.25, 0.3) is 0 Å². The van der Waals surface area contributed by atoms with Crippen LogP contribution >= 0.6 is 0 Å². The quantitative estimate of drug-likeness (QED) is 0.479. The molecule has 0 saturated carbocycles. The molecule has 0 aliphatic heterocycles. The summed E-state index contributed by atoms with van der Waals surface area (Å²) in [4.78, 5) is 16.6. The molecule has 5 aromatic rings. The highest BCUT2D eigenvalue weighted by Gasteiger charge is 2.12. The monoisotopic (exact) mass is 361 g/mol. The predicted octanol–water partition coefficient (Wildman–Crippen LogP) is 1.00. The number of fused-ring (bicyclic) bond motifs is 2. The Morgan fingerprint density at radius 3 is 3.04 bits per heavy atom. The highest BCUT2D eigenvalue weighted by Crippen LogP contribution is 2.19. The summed E-state index contributed by atoms with van der Waals surface area (Å²) in [6, 6.07) is 5.94. The van der Waals surface area contributed by atoms with Crippen LogP contribution in [0, 0.1) is 0 Å². The van der Waals surface area contributed by atoms with E-state index < -0.39 is 0 Å². The minimum absolute atomic E-state index is 0.0296. The van der Waals surface area contributed by atoms with Gasteiger partial charge >= 0.3 is 0 Å². The molecule has 0 aliphatic rings. The maximum absolute atomic E-state index is 9.03. The number of H-pyrrole nitrogens is 1. The second-order valence-corrected chi connectivity index (χ2v) is 6.10. The number of hydrogen-bond donors (Lipinski definition) is 2. The van der Waals surface area contributed by atoms with E-state index in [1.807, 2.05) is 24.4 Å². The fourth-order valence-corrected chi connectivity index (χ4v) is 2.98. The van der Waals surface area contributed by atoms with Crippen LogP contribution < -0.4 is 0 Å². The van der Waals surface area contributed by atoms with E-state index in [2.05, 4.69) is 35.3 Å². The Morgan fingerprint density at radius 2 is 2.15 bits per heavy atom. The number of aromatic amines is 1. The van der Waals surface area contributed by atoms with Crippen molar-refractivity contribution in [3.63, 3.8) is 0 Å². The van der Waals surface area contributed by atoms with E-state index >= 15 is 0 Å². The van der Waals surface area contributed by atoms with Gasteiger partial charge in [-0.25, -0.2) is 19.6 Å². The van der Waals surface area contributed by atoms with Gasteiger partial charge in [-0.3, -0.25) is 4.68 Å². The number of nitrogens with one attached hydrogen (secondary N) is 1. The molecular weight excluding hydrogens is 346 g/mol. The normalized spacial score (nSPS) is 11.6. The zero-order valence-corrected chi connectivity index (χ0v) is 14.2. The van der Waals surface area contributed by atoms with E-state index in [0.29, 0.717) is 30.1 Å². The van der Waals surface area contributed by atoms with E-state index in [4.69, 9.17) is 5.11 Å². The molecule has 0 atom stereocenters. The van der Waals surface area contributed by atoms with Crippen LogP contribution in [0.4, 0.5) is 0 Å². The number of nitrogens with zero attached hydrogens (tertiary/aromatic N) is 8. The Morgan fingerprint density at radius 1 is 1.19 bits per heavy atom. The summed E-state index contributed by atoms with van der Waals surface area (Å²) in [6.07, 6.45) is 6.92. The average Bonchev–Trinajstić information content (AvgIpc) is 3.40. The first-order chi connectivity index (χ1) is 13.3. The summed E-state index contributed by atoms with van der Waals surface area (Å²) in [5.41, 5.74) is 4.36. The Labute approximate surface area is 152 Å². The van der Waals surface area contributed by atoms with E-state index in [1.54, 1.807) is 28.0 Å². The lowest BCUT2D eigenvalue weighted by Gasteiger charge is -2.01. The molecule has 0 aromatic carbocycles. The first-order valence-corrected chi connectivity index (χ1v) is 8.43. The molecule has 10 heteroatoms. The standard InChI is InChI=1S/C17H15N9O/c27-5-4-25-9-12(7-20-25)14-8-19-16-17(22-14)26(24-23-16)10-13-6-11-2-1-3-18-15(11)21-13/h1-3,6-9,27H,4-5,10H2,(H,18,21). The van der Waals surface area contributed by atoms with Crippen molar-refractivity contribution in [1.82, 2.24) is 44.7 Å². The van der Waals surface area contributed by atoms with Gasteiger partial charge in [0.1, 0.15) is 5.65 Å². The molecular formula is C17H15N9O. The van der Waals surface area contributed by atoms with Crippen LogP contribution in [0.2, 0.25) is 0 Å². The lowest BCUT2D eigenvalue weighted by atomic mass is 10.3. The molecule has 0 saturated heterocycles. The Kier molecular flexibility index (Phi) is 3.61.